The average Bonchev–Trinajstić information content (AvgIpc) is 3.87. The van der Waals surface area contributed by atoms with Crippen molar-refractivity contribution in [3.8, 4) is 0 Å². The molecule has 0 aromatic carbocycles. The van der Waals surface area contributed by atoms with Crippen molar-refractivity contribution in [3.05, 3.63) is 54.3 Å². The molecule has 21 nitrogen and oxygen atoms in total. The van der Waals surface area contributed by atoms with Crippen molar-refractivity contribution in [2.45, 2.75) is 86.7 Å². The van der Waals surface area contributed by atoms with E-state index in [1.54, 1.807) is 6.20 Å². The lowest BCUT2D eigenvalue weighted by Crippen LogP contribution is -2.32. The Labute approximate surface area is 309 Å². The maximum atomic E-state index is 10.8. The van der Waals surface area contributed by atoms with Gasteiger partial charge in [-0.2, -0.15) is 0 Å². The van der Waals surface area contributed by atoms with Crippen LogP contribution in [0.25, 0.3) is 0 Å². The molecule has 0 unspecified atom stereocenters. The summed E-state index contributed by atoms with van der Waals surface area (Å²) >= 11 is 0.956. The number of H-pyrrole nitrogens is 4. The Bertz CT molecular complexity index is 1640. The second kappa shape index (κ2) is 23.7. The molecule has 52 heavy (non-hydrogen) atoms. The Balaban J connectivity index is 0.000000799. The number of aromatic amines is 4. The second-order valence-electron chi connectivity index (χ2n) is 9.99. The molecular formula is C28H44N12O9S3. The van der Waals surface area contributed by atoms with Crippen LogP contribution in [0, 0.1) is 0 Å². The first-order valence-electron chi connectivity index (χ1n) is 14.1. The highest BCUT2D eigenvalue weighted by Gasteiger charge is 2.20. The number of hydrogen-bond donors (Lipinski definition) is 12. The highest BCUT2D eigenvalue weighted by atomic mass is 33.1. The van der Waals surface area contributed by atoms with Gasteiger partial charge >= 0.3 is 23.9 Å². The molecule has 0 bridgehead atoms. The zero-order valence-electron chi connectivity index (χ0n) is 26.2. The molecule has 4 rings (SSSR count). The predicted octanol–water partition coefficient (Wildman–Crippen LogP) is 0.480. The number of carbonyl (C=O) groups is 5. The van der Waals surface area contributed by atoms with Gasteiger partial charge in [0, 0.05) is 44.5 Å². The molecule has 0 fully saturated rings. The summed E-state index contributed by atoms with van der Waals surface area (Å²) in [4.78, 5) is 80.5. The Hall–Kier alpha value is -4.72. The topological polar surface area (TPSA) is 385 Å². The fourth-order valence-corrected chi connectivity index (χ4v) is 6.27. The summed E-state index contributed by atoms with van der Waals surface area (Å²) in [5, 5.41) is 36.3. The van der Waals surface area contributed by atoms with Crippen LogP contribution in [0.4, 0.5) is 0 Å². The summed E-state index contributed by atoms with van der Waals surface area (Å²) in [6, 6.07) is -3.89. The number of aliphatic carboxylic acids is 4. The minimum Gasteiger partial charge on any atom is -0.480 e. The summed E-state index contributed by atoms with van der Waals surface area (Å²) in [6.07, 6.45) is 8.03. The van der Waals surface area contributed by atoms with Gasteiger partial charge in [-0.15, -0.1) is 0 Å². The molecule has 0 aliphatic rings. The third-order valence-corrected chi connectivity index (χ3v) is 9.14. The van der Waals surface area contributed by atoms with Gasteiger partial charge in [-0.25, -0.2) is 19.9 Å². The summed E-state index contributed by atoms with van der Waals surface area (Å²) in [5.41, 5.74) is 24.2. The quantitative estimate of drug-likeness (QED) is 0.0542. The molecule has 288 valence electrons. The van der Waals surface area contributed by atoms with E-state index in [9.17, 15) is 24.0 Å². The van der Waals surface area contributed by atoms with Crippen LogP contribution in [0.3, 0.4) is 0 Å². The fourth-order valence-electron chi connectivity index (χ4n) is 3.45. The van der Waals surface area contributed by atoms with E-state index in [1.165, 1.54) is 53.8 Å². The normalized spacial score (nSPS) is 12.6. The molecule has 0 radical (unpaired) electrons. The number of nitrogens with two attached hydrogens (primary N) is 4. The number of thioether (sulfide) groups is 1. The van der Waals surface area contributed by atoms with Crippen LogP contribution in [-0.2, 0) is 49.7 Å². The van der Waals surface area contributed by atoms with Crippen LogP contribution in [0.2, 0.25) is 0 Å². The predicted molar refractivity (Wildman–Crippen MR) is 193 cm³/mol. The molecule has 0 aliphatic heterocycles. The lowest BCUT2D eigenvalue weighted by atomic mass is 10.2. The number of hydrogen-bond acceptors (Lipinski definition) is 16. The number of nitrogens with zero attached hydrogens (tertiary/aromatic N) is 4. The maximum Gasteiger partial charge on any atom is 0.320 e. The van der Waals surface area contributed by atoms with Crippen LogP contribution in [0.5, 0.6) is 0 Å². The van der Waals surface area contributed by atoms with Gasteiger partial charge in [0.1, 0.15) is 39.2 Å². The number of carbonyl (C=O) groups excluding carboxylic acids is 1. The minimum absolute atomic E-state index is 0. The summed E-state index contributed by atoms with van der Waals surface area (Å²) in [7, 11) is 2.54. The molecule has 16 N–H and O–H groups in total. The Morgan fingerprint density at radius 1 is 0.596 bits per heavy atom. The number of imidazole rings is 4. The van der Waals surface area contributed by atoms with Gasteiger partial charge in [0.25, 0.3) is 0 Å². The van der Waals surface area contributed by atoms with Gasteiger partial charge in [0.15, 0.2) is 5.12 Å². The fraction of sp³-hybridized carbons (Fsp3) is 0.393. The van der Waals surface area contributed by atoms with Crippen molar-refractivity contribution < 1.29 is 44.4 Å². The number of carboxylic acid groups (broad SMARTS) is 4. The van der Waals surface area contributed by atoms with E-state index in [-0.39, 0.29) is 45.7 Å². The lowest BCUT2D eigenvalue weighted by Gasteiger charge is -2.07. The van der Waals surface area contributed by atoms with E-state index < -0.39 is 48.0 Å². The van der Waals surface area contributed by atoms with Crippen LogP contribution in [0.15, 0.2) is 46.6 Å². The molecule has 4 aromatic rings. The average molecular weight is 789 g/mol. The number of carboxylic acids is 4. The van der Waals surface area contributed by atoms with E-state index >= 15 is 0 Å². The van der Waals surface area contributed by atoms with Gasteiger partial charge in [0.05, 0.1) is 42.4 Å². The van der Waals surface area contributed by atoms with Crippen LogP contribution in [0.1, 0.15) is 44.6 Å². The van der Waals surface area contributed by atoms with E-state index in [2.05, 4.69) is 39.9 Å². The molecule has 4 heterocycles. The smallest absolute Gasteiger partial charge is 0.320 e. The minimum atomic E-state index is -1.09. The zero-order chi connectivity index (χ0) is 37.4. The molecule has 0 saturated carbocycles. The second-order valence-corrected chi connectivity index (χ2v) is 13.3. The first-order valence-corrected chi connectivity index (χ1v) is 17.1. The van der Waals surface area contributed by atoms with Gasteiger partial charge in [-0.05, 0) is 33.3 Å². The van der Waals surface area contributed by atoms with Crippen molar-refractivity contribution in [3.63, 3.8) is 0 Å². The van der Waals surface area contributed by atoms with Crippen molar-refractivity contribution in [2.24, 2.45) is 22.9 Å². The molecular weight excluding hydrogens is 745 g/mol. The molecule has 24 heteroatoms. The maximum absolute atomic E-state index is 10.8. The first-order chi connectivity index (χ1) is 23.6. The Morgan fingerprint density at radius 2 is 0.942 bits per heavy atom. The van der Waals surface area contributed by atoms with Gasteiger partial charge in [0.2, 0.25) is 0 Å². The van der Waals surface area contributed by atoms with Gasteiger partial charge < -0.3 is 63.3 Å². The molecule has 4 atom stereocenters. The highest BCUT2D eigenvalue weighted by Crippen LogP contribution is 2.38. The summed E-state index contributed by atoms with van der Waals surface area (Å²) in [6.45, 7) is 1.42. The molecule has 0 aliphatic carbocycles. The van der Waals surface area contributed by atoms with E-state index in [4.69, 9.17) is 43.4 Å². The van der Waals surface area contributed by atoms with Crippen LogP contribution < -0.4 is 22.9 Å². The molecule has 0 amide bonds. The van der Waals surface area contributed by atoms with E-state index in [0.717, 1.165) is 17.5 Å². The summed E-state index contributed by atoms with van der Waals surface area (Å²) in [5.74, 6) is -4.26. The summed E-state index contributed by atoms with van der Waals surface area (Å²) < 4.78 is 0. The number of aromatic nitrogens is 8. The molecule has 0 spiro atoms. The van der Waals surface area contributed by atoms with Gasteiger partial charge in [-0.3, -0.25) is 24.0 Å². The lowest BCUT2D eigenvalue weighted by molar-refractivity contribution is -0.139. The van der Waals surface area contributed by atoms with Crippen molar-refractivity contribution >= 4 is 62.3 Å². The largest absolute Gasteiger partial charge is 0.480 e. The molecule has 4 aromatic heterocycles. The molecule has 0 saturated heterocycles. The Kier molecular flexibility index (Phi) is 21.5. The highest BCUT2D eigenvalue weighted by molar-refractivity contribution is 8.76. The van der Waals surface area contributed by atoms with E-state index in [1.807, 2.05) is 0 Å². The van der Waals surface area contributed by atoms with Crippen LogP contribution >= 0.6 is 33.3 Å². The van der Waals surface area contributed by atoms with E-state index in [0.29, 0.717) is 32.2 Å². The first kappa shape index (κ1) is 47.3. The third-order valence-electron chi connectivity index (χ3n) is 6.01. The third kappa shape index (κ3) is 16.5. The number of rotatable bonds is 16. The van der Waals surface area contributed by atoms with Crippen molar-refractivity contribution in [2.75, 3.05) is 0 Å². The van der Waals surface area contributed by atoms with Gasteiger partial charge in [-0.1, -0.05) is 14.9 Å². The standard InChI is InChI=1S/C12H16N6O4S2.C8H11N3O3S.C6H9N3O2.2CH4/c13-5(11(19)20)1-7-9(17-3-15-7)23-24-10-8(16-4-18-10)2-6(14)12(21)22;1-4(12)15-7-6(10-3-11-7)2-5(9)8(13)14;7-5(6(10)11)1-4-2-8-3-9-4;;/h3-6H,1-2,13-14H2,(H,15,17)(H,16,18)(H,19,20)(H,21,22);3,5H,2,9H2,1H3,(H,10,11)(H,13,14);2-3,5H,1,7H2,(H,8,9)(H,10,11);2*1H4/t5-,6-;2*5-;;/m000../s1. The Morgan fingerprint density at radius 3 is 1.27 bits per heavy atom. The van der Waals surface area contributed by atoms with Crippen molar-refractivity contribution in [1.82, 2.24) is 39.9 Å². The van der Waals surface area contributed by atoms with Crippen molar-refractivity contribution in [1.29, 1.82) is 0 Å². The number of nitrogens with one attached hydrogen (secondary N) is 4. The SMILES string of the molecule is C.C.CC(=O)Sc1nc[nH]c1C[C@H](N)C(=O)O.N[C@@H](Cc1[nH]cnc1SSc1nc[nH]c1C[C@H](N)C(=O)O)C(=O)O.N[C@@H](Cc1cnc[nH]1)C(=O)O. The van der Waals surface area contributed by atoms with Crippen LogP contribution in [-0.4, -0.2) is 113 Å². The zero-order valence-corrected chi connectivity index (χ0v) is 28.6. The monoisotopic (exact) mass is 788 g/mol.